The maximum Gasteiger partial charge on any atom is 0.145 e. The summed E-state index contributed by atoms with van der Waals surface area (Å²) in [5.41, 5.74) is 5.60. The zero-order valence-electron chi connectivity index (χ0n) is 12.9. The van der Waals surface area contributed by atoms with E-state index in [-0.39, 0.29) is 16.9 Å². The standard InChI is InChI=1S/C18H21ClFN/c1-11-8-13(3)15(9-12(11)2)17(21-4)10-14-6-5-7-16(19)18(14)20/h5-9,17,21H,10H2,1-4H3. The zero-order valence-corrected chi connectivity index (χ0v) is 13.7. The lowest BCUT2D eigenvalue weighted by Crippen LogP contribution is -2.20. The molecule has 0 aliphatic heterocycles. The van der Waals surface area contributed by atoms with Crippen molar-refractivity contribution >= 4 is 11.6 Å². The fourth-order valence-electron chi connectivity index (χ4n) is 2.65. The monoisotopic (exact) mass is 305 g/mol. The van der Waals surface area contributed by atoms with Gasteiger partial charge in [0, 0.05) is 6.04 Å². The highest BCUT2D eigenvalue weighted by Gasteiger charge is 2.16. The van der Waals surface area contributed by atoms with Crippen LogP contribution in [0.4, 0.5) is 4.39 Å². The second-order valence-corrected chi connectivity index (χ2v) is 5.96. The maximum atomic E-state index is 14.1. The second kappa shape index (κ2) is 6.59. The van der Waals surface area contributed by atoms with E-state index >= 15 is 0 Å². The Morgan fingerprint density at radius 2 is 1.76 bits per heavy atom. The molecule has 1 N–H and O–H groups in total. The van der Waals surface area contributed by atoms with E-state index < -0.39 is 0 Å². The van der Waals surface area contributed by atoms with E-state index in [2.05, 4.69) is 38.2 Å². The van der Waals surface area contributed by atoms with Gasteiger partial charge in [-0.05, 0) is 68.1 Å². The van der Waals surface area contributed by atoms with E-state index in [1.807, 2.05) is 7.05 Å². The normalized spacial score (nSPS) is 12.5. The van der Waals surface area contributed by atoms with Crippen LogP contribution in [-0.4, -0.2) is 7.05 Å². The molecule has 1 unspecified atom stereocenters. The van der Waals surface area contributed by atoms with Gasteiger partial charge in [0.25, 0.3) is 0 Å². The SMILES string of the molecule is CNC(Cc1cccc(Cl)c1F)c1cc(C)c(C)cc1C. The molecule has 21 heavy (non-hydrogen) atoms. The van der Waals surface area contributed by atoms with Gasteiger partial charge in [-0.1, -0.05) is 35.9 Å². The van der Waals surface area contributed by atoms with Crippen LogP contribution in [0.2, 0.25) is 5.02 Å². The van der Waals surface area contributed by atoms with Crippen LogP contribution in [0.25, 0.3) is 0 Å². The van der Waals surface area contributed by atoms with Crippen molar-refractivity contribution < 1.29 is 4.39 Å². The Morgan fingerprint density at radius 1 is 1.10 bits per heavy atom. The van der Waals surface area contributed by atoms with Crippen LogP contribution < -0.4 is 5.32 Å². The lowest BCUT2D eigenvalue weighted by molar-refractivity contribution is 0.552. The summed E-state index contributed by atoms with van der Waals surface area (Å²) in [7, 11) is 1.90. The molecular formula is C18H21ClFN. The molecule has 1 nitrogen and oxygen atoms in total. The van der Waals surface area contributed by atoms with Crippen molar-refractivity contribution in [2.45, 2.75) is 33.2 Å². The minimum atomic E-state index is -0.319. The van der Waals surface area contributed by atoms with Crippen molar-refractivity contribution in [2.75, 3.05) is 7.05 Å². The molecule has 0 aromatic heterocycles. The first-order valence-corrected chi connectivity index (χ1v) is 7.49. The van der Waals surface area contributed by atoms with E-state index in [4.69, 9.17) is 11.6 Å². The quantitative estimate of drug-likeness (QED) is 0.846. The van der Waals surface area contributed by atoms with Gasteiger partial charge in [-0.25, -0.2) is 4.39 Å². The topological polar surface area (TPSA) is 12.0 Å². The maximum absolute atomic E-state index is 14.1. The Labute approximate surface area is 131 Å². The Morgan fingerprint density at radius 3 is 2.43 bits per heavy atom. The summed E-state index contributed by atoms with van der Waals surface area (Å²) < 4.78 is 14.1. The molecule has 0 aliphatic carbocycles. The lowest BCUT2D eigenvalue weighted by atomic mass is 9.92. The summed E-state index contributed by atoms with van der Waals surface area (Å²) in [5, 5.41) is 3.47. The van der Waals surface area contributed by atoms with E-state index in [1.165, 1.54) is 22.3 Å². The third-order valence-electron chi connectivity index (χ3n) is 4.06. The van der Waals surface area contributed by atoms with Crippen molar-refractivity contribution in [3.8, 4) is 0 Å². The number of benzene rings is 2. The Bertz CT molecular complexity index is 652. The molecule has 0 spiro atoms. The van der Waals surface area contributed by atoms with Crippen molar-refractivity contribution in [3.05, 3.63) is 69.0 Å². The van der Waals surface area contributed by atoms with Crippen LogP contribution in [-0.2, 0) is 6.42 Å². The fraction of sp³-hybridized carbons (Fsp3) is 0.333. The summed E-state index contributed by atoms with van der Waals surface area (Å²) in [5.74, 6) is -0.319. The molecule has 2 aromatic rings. The van der Waals surface area contributed by atoms with Crippen LogP contribution in [0.15, 0.2) is 30.3 Å². The van der Waals surface area contributed by atoms with Gasteiger partial charge in [0.2, 0.25) is 0 Å². The molecule has 112 valence electrons. The molecule has 3 heteroatoms. The molecule has 0 saturated carbocycles. The average Bonchev–Trinajstić information content (AvgIpc) is 2.45. The molecule has 0 heterocycles. The number of likely N-dealkylation sites (N-methyl/N-ethyl adjacent to an activating group) is 1. The van der Waals surface area contributed by atoms with E-state index in [9.17, 15) is 4.39 Å². The number of hydrogen-bond acceptors (Lipinski definition) is 1. The average molecular weight is 306 g/mol. The van der Waals surface area contributed by atoms with Gasteiger partial charge in [-0.15, -0.1) is 0 Å². The van der Waals surface area contributed by atoms with Gasteiger partial charge >= 0.3 is 0 Å². The number of hydrogen-bond donors (Lipinski definition) is 1. The van der Waals surface area contributed by atoms with Gasteiger partial charge in [-0.3, -0.25) is 0 Å². The van der Waals surface area contributed by atoms with Gasteiger partial charge < -0.3 is 5.32 Å². The molecule has 1 atom stereocenters. The van der Waals surface area contributed by atoms with Crippen molar-refractivity contribution in [3.63, 3.8) is 0 Å². The largest absolute Gasteiger partial charge is 0.313 e. The Balaban J connectivity index is 2.37. The number of rotatable bonds is 4. The molecule has 2 rings (SSSR count). The lowest BCUT2D eigenvalue weighted by Gasteiger charge is -2.21. The van der Waals surface area contributed by atoms with Crippen LogP contribution >= 0.6 is 11.6 Å². The predicted octanol–water partition coefficient (Wildman–Crippen LogP) is 4.91. The smallest absolute Gasteiger partial charge is 0.145 e. The summed E-state index contributed by atoms with van der Waals surface area (Å²) in [6.07, 6.45) is 0.576. The van der Waals surface area contributed by atoms with Crippen molar-refractivity contribution in [2.24, 2.45) is 0 Å². The molecule has 0 radical (unpaired) electrons. The van der Waals surface area contributed by atoms with E-state index in [1.54, 1.807) is 18.2 Å². The highest BCUT2D eigenvalue weighted by atomic mass is 35.5. The summed E-state index contributed by atoms with van der Waals surface area (Å²) in [6.45, 7) is 6.31. The van der Waals surface area contributed by atoms with Crippen LogP contribution in [0.3, 0.4) is 0 Å². The first-order valence-electron chi connectivity index (χ1n) is 7.12. The second-order valence-electron chi connectivity index (χ2n) is 5.55. The van der Waals surface area contributed by atoms with Gasteiger partial charge in [0.1, 0.15) is 5.82 Å². The summed E-state index contributed by atoms with van der Waals surface area (Å²) >= 11 is 5.87. The Hall–Kier alpha value is -1.38. The summed E-state index contributed by atoms with van der Waals surface area (Å²) in [6, 6.07) is 9.60. The molecule has 0 bridgehead atoms. The zero-order chi connectivity index (χ0) is 15.6. The predicted molar refractivity (Wildman–Crippen MR) is 87.6 cm³/mol. The number of halogens is 2. The van der Waals surface area contributed by atoms with Crippen LogP contribution in [0, 0.1) is 26.6 Å². The highest BCUT2D eigenvalue weighted by Crippen LogP contribution is 2.27. The highest BCUT2D eigenvalue weighted by molar-refractivity contribution is 6.30. The molecule has 0 fully saturated rings. The van der Waals surface area contributed by atoms with Crippen LogP contribution in [0.5, 0.6) is 0 Å². The minimum absolute atomic E-state index is 0.0669. The minimum Gasteiger partial charge on any atom is -0.313 e. The molecule has 2 aromatic carbocycles. The molecule has 0 aliphatic rings. The summed E-state index contributed by atoms with van der Waals surface area (Å²) in [4.78, 5) is 0. The number of aryl methyl sites for hydroxylation is 3. The van der Waals surface area contributed by atoms with Crippen molar-refractivity contribution in [1.82, 2.24) is 5.32 Å². The first kappa shape index (κ1) is 16.0. The number of nitrogens with one attached hydrogen (secondary N) is 1. The van der Waals surface area contributed by atoms with Crippen LogP contribution in [0.1, 0.15) is 33.9 Å². The van der Waals surface area contributed by atoms with Crippen molar-refractivity contribution in [1.29, 1.82) is 0 Å². The molecular weight excluding hydrogens is 285 g/mol. The third kappa shape index (κ3) is 3.45. The first-order chi connectivity index (χ1) is 9.93. The van der Waals surface area contributed by atoms with Gasteiger partial charge in [-0.2, -0.15) is 0 Å². The third-order valence-corrected chi connectivity index (χ3v) is 4.35. The molecule has 0 amide bonds. The molecule has 0 saturated heterocycles. The van der Waals surface area contributed by atoms with E-state index in [0.29, 0.717) is 12.0 Å². The van der Waals surface area contributed by atoms with E-state index in [0.717, 1.165) is 0 Å². The van der Waals surface area contributed by atoms with Gasteiger partial charge in [0.05, 0.1) is 5.02 Å². The Kier molecular flexibility index (Phi) is 5.02. The van der Waals surface area contributed by atoms with Gasteiger partial charge in [0.15, 0.2) is 0 Å². The fourth-order valence-corrected chi connectivity index (χ4v) is 2.85.